The van der Waals surface area contributed by atoms with Crippen molar-refractivity contribution in [2.45, 2.75) is 44.5 Å². The van der Waals surface area contributed by atoms with Crippen molar-refractivity contribution in [3.05, 3.63) is 96.1 Å². The zero-order valence-electron chi connectivity index (χ0n) is 23.2. The quantitative estimate of drug-likeness (QED) is 0.238. The molecule has 42 heavy (non-hydrogen) atoms. The Labute approximate surface area is 242 Å². The average Bonchev–Trinajstić information content (AvgIpc) is 3.43. The lowest BCUT2D eigenvalue weighted by Crippen LogP contribution is -2.65. The summed E-state index contributed by atoms with van der Waals surface area (Å²) in [5, 5.41) is 17.9. The van der Waals surface area contributed by atoms with Crippen LogP contribution in [-0.4, -0.2) is 53.1 Å². The first-order valence-electron chi connectivity index (χ1n) is 14.2. The van der Waals surface area contributed by atoms with Gasteiger partial charge in [0.15, 0.2) is 6.23 Å². The second-order valence-corrected chi connectivity index (χ2v) is 10.6. The number of nitrogens with zero attached hydrogens (tertiary/aromatic N) is 3. The third kappa shape index (κ3) is 5.60. The van der Waals surface area contributed by atoms with Crippen molar-refractivity contribution >= 4 is 17.0 Å². The van der Waals surface area contributed by atoms with E-state index < -0.39 is 23.9 Å². The number of halogens is 3. The minimum absolute atomic E-state index is 0.238. The van der Waals surface area contributed by atoms with Gasteiger partial charge in [-0.1, -0.05) is 61.5 Å². The molecule has 0 aromatic heterocycles. The fourth-order valence-corrected chi connectivity index (χ4v) is 5.63. The summed E-state index contributed by atoms with van der Waals surface area (Å²) in [6, 6.07) is 24.2. The first-order valence-corrected chi connectivity index (χ1v) is 14.2. The van der Waals surface area contributed by atoms with Crippen LogP contribution in [0.15, 0.2) is 89.9 Å². The van der Waals surface area contributed by atoms with Gasteiger partial charge in [-0.15, -0.1) is 5.01 Å². The number of hydrazine groups is 1. The highest BCUT2D eigenvalue weighted by Crippen LogP contribution is 2.36. The maximum atomic E-state index is 13.0. The maximum absolute atomic E-state index is 13.0. The molecule has 2 atom stereocenters. The Morgan fingerprint density at radius 3 is 2.40 bits per heavy atom. The normalized spacial score (nSPS) is 18.9. The number of hydrogen-bond donors (Lipinski definition) is 1. The Morgan fingerprint density at radius 1 is 0.952 bits per heavy atom. The second-order valence-electron chi connectivity index (χ2n) is 10.6. The second kappa shape index (κ2) is 11.4. The molecule has 0 bridgehead atoms. The van der Waals surface area contributed by atoms with Crippen LogP contribution in [-0.2, 0) is 6.18 Å². The summed E-state index contributed by atoms with van der Waals surface area (Å²) >= 11 is 0. The van der Waals surface area contributed by atoms with Gasteiger partial charge < -0.3 is 14.6 Å². The fourth-order valence-electron chi connectivity index (χ4n) is 5.63. The van der Waals surface area contributed by atoms with E-state index in [1.165, 1.54) is 12.1 Å². The van der Waals surface area contributed by atoms with Gasteiger partial charge in [0.1, 0.15) is 11.5 Å². The maximum Gasteiger partial charge on any atom is 0.416 e. The smallest absolute Gasteiger partial charge is 0.416 e. The molecule has 218 valence electrons. The van der Waals surface area contributed by atoms with Crippen molar-refractivity contribution in [2.24, 2.45) is 4.99 Å². The number of aliphatic hydroxyl groups is 1. The molecule has 0 aliphatic carbocycles. The molecule has 1 unspecified atom stereocenters. The van der Waals surface area contributed by atoms with Crippen LogP contribution in [0.4, 0.5) is 13.2 Å². The average molecular weight is 576 g/mol. The molecule has 0 amide bonds. The van der Waals surface area contributed by atoms with Gasteiger partial charge in [-0.25, -0.2) is 5.01 Å². The standard InChI is InChI=1S/C33H32F3N3O3/c1-2-32(40,42-30-11-7-9-24-8-3-4-10-28(24)30)39(38-18-5-6-19-38)31-22-37-21-26-20-25(14-17-29(26)41-31)23-12-15-27(16-13-23)33(34,35)36/h3-4,7-17,20-21,31,40H,2,5-6,18-19,22H2,1H3/t31-,32?/m1/s1. The van der Waals surface area contributed by atoms with Crippen molar-refractivity contribution in [2.75, 3.05) is 19.6 Å². The predicted molar refractivity (Wildman–Crippen MR) is 156 cm³/mol. The van der Waals surface area contributed by atoms with Crippen molar-refractivity contribution in [3.8, 4) is 22.6 Å². The largest absolute Gasteiger partial charge is 0.471 e. The summed E-state index contributed by atoms with van der Waals surface area (Å²) in [4.78, 5) is 4.64. The number of benzene rings is 4. The highest BCUT2D eigenvalue weighted by molar-refractivity contribution is 5.88. The topological polar surface area (TPSA) is 57.5 Å². The van der Waals surface area contributed by atoms with Crippen LogP contribution in [0, 0.1) is 0 Å². The minimum Gasteiger partial charge on any atom is -0.471 e. The van der Waals surface area contributed by atoms with E-state index in [2.05, 4.69) is 10.0 Å². The third-order valence-corrected chi connectivity index (χ3v) is 7.81. The Bertz CT molecular complexity index is 1580. The number of hydrogen-bond acceptors (Lipinski definition) is 6. The molecule has 0 saturated carbocycles. The van der Waals surface area contributed by atoms with Gasteiger partial charge in [0, 0.05) is 36.7 Å². The fraction of sp³-hybridized carbons (Fsp3) is 0.303. The lowest BCUT2D eigenvalue weighted by molar-refractivity contribution is -0.340. The molecule has 6 nitrogen and oxygen atoms in total. The van der Waals surface area contributed by atoms with E-state index in [9.17, 15) is 18.3 Å². The summed E-state index contributed by atoms with van der Waals surface area (Å²) in [6.07, 6.45) is -1.13. The van der Waals surface area contributed by atoms with E-state index in [4.69, 9.17) is 9.47 Å². The number of fused-ring (bicyclic) bond motifs is 2. The molecule has 2 aliphatic heterocycles. The third-order valence-electron chi connectivity index (χ3n) is 7.81. The molecule has 1 saturated heterocycles. The summed E-state index contributed by atoms with van der Waals surface area (Å²) in [5.74, 6) is -0.593. The molecular weight excluding hydrogens is 543 g/mol. The van der Waals surface area contributed by atoms with Crippen LogP contribution >= 0.6 is 0 Å². The molecule has 9 heteroatoms. The molecular formula is C33H32F3N3O3. The first kappa shape index (κ1) is 28.2. The van der Waals surface area contributed by atoms with Crippen molar-refractivity contribution in [3.63, 3.8) is 0 Å². The molecule has 6 rings (SSSR count). The minimum atomic E-state index is -4.39. The number of alkyl halides is 3. The van der Waals surface area contributed by atoms with E-state index in [0.717, 1.165) is 54.4 Å². The molecule has 4 aromatic carbocycles. The van der Waals surface area contributed by atoms with Crippen LogP contribution in [0.25, 0.3) is 21.9 Å². The first-order chi connectivity index (χ1) is 20.2. The Morgan fingerprint density at radius 2 is 1.67 bits per heavy atom. The van der Waals surface area contributed by atoms with Gasteiger partial charge in [0.05, 0.1) is 12.1 Å². The van der Waals surface area contributed by atoms with Crippen molar-refractivity contribution in [1.29, 1.82) is 0 Å². The van der Waals surface area contributed by atoms with Crippen LogP contribution in [0.1, 0.15) is 37.3 Å². The Balaban J connectivity index is 1.31. The molecule has 0 radical (unpaired) electrons. The van der Waals surface area contributed by atoms with Gasteiger partial charge in [-0.05, 0) is 59.7 Å². The SMILES string of the molecule is CCC(O)(Oc1cccc2ccccc12)N([C@H]1CN=Cc2cc(-c3ccc(C(F)(F)F)cc3)ccc2O1)N1CCCC1. The summed E-state index contributed by atoms with van der Waals surface area (Å²) in [5.41, 5.74) is 1.41. The highest BCUT2D eigenvalue weighted by Gasteiger charge is 2.46. The summed E-state index contributed by atoms with van der Waals surface area (Å²) < 4.78 is 52.1. The Hall–Kier alpha value is -3.92. The van der Waals surface area contributed by atoms with Crippen LogP contribution in [0.2, 0.25) is 0 Å². The summed E-state index contributed by atoms with van der Waals surface area (Å²) in [7, 11) is 0. The van der Waals surface area contributed by atoms with Crippen LogP contribution < -0.4 is 9.47 Å². The van der Waals surface area contributed by atoms with Crippen LogP contribution in [0.3, 0.4) is 0 Å². The molecule has 2 heterocycles. The number of ether oxygens (including phenoxy) is 2. The van der Waals surface area contributed by atoms with E-state index in [0.29, 0.717) is 22.6 Å². The van der Waals surface area contributed by atoms with Gasteiger partial charge in [-0.2, -0.15) is 13.2 Å². The van der Waals surface area contributed by atoms with E-state index in [-0.39, 0.29) is 13.0 Å². The monoisotopic (exact) mass is 575 g/mol. The predicted octanol–water partition coefficient (Wildman–Crippen LogP) is 7.11. The lowest BCUT2D eigenvalue weighted by atomic mass is 10.0. The Kier molecular flexibility index (Phi) is 7.66. The van der Waals surface area contributed by atoms with Crippen molar-refractivity contribution < 1.29 is 27.8 Å². The van der Waals surface area contributed by atoms with Gasteiger partial charge in [0.25, 0.3) is 5.91 Å². The molecule has 2 aliphatic rings. The molecule has 0 spiro atoms. The zero-order chi connectivity index (χ0) is 29.3. The zero-order valence-corrected chi connectivity index (χ0v) is 23.2. The highest BCUT2D eigenvalue weighted by atomic mass is 19.4. The summed E-state index contributed by atoms with van der Waals surface area (Å²) in [6.45, 7) is 3.59. The number of aliphatic imine (C=N–C) groups is 1. The lowest BCUT2D eigenvalue weighted by Gasteiger charge is -2.46. The molecule has 4 aromatic rings. The van der Waals surface area contributed by atoms with Crippen molar-refractivity contribution in [1.82, 2.24) is 10.0 Å². The van der Waals surface area contributed by atoms with E-state index in [1.807, 2.05) is 61.5 Å². The molecule has 1 N–H and O–H groups in total. The van der Waals surface area contributed by atoms with E-state index in [1.54, 1.807) is 17.3 Å². The van der Waals surface area contributed by atoms with Crippen LogP contribution in [0.5, 0.6) is 11.5 Å². The van der Waals surface area contributed by atoms with Gasteiger partial charge >= 0.3 is 6.18 Å². The molecule has 1 fully saturated rings. The number of rotatable bonds is 7. The van der Waals surface area contributed by atoms with Gasteiger partial charge in [0.2, 0.25) is 0 Å². The van der Waals surface area contributed by atoms with Gasteiger partial charge in [-0.3, -0.25) is 4.99 Å². The van der Waals surface area contributed by atoms with E-state index >= 15 is 0 Å².